The van der Waals surface area contributed by atoms with E-state index in [9.17, 15) is 0 Å². The van der Waals surface area contributed by atoms with Gasteiger partial charge in [0.05, 0.1) is 0 Å². The van der Waals surface area contributed by atoms with Crippen molar-refractivity contribution >= 4 is 62.8 Å². The third-order valence-corrected chi connectivity index (χ3v) is 4.83. The molecule has 2 aromatic rings. The van der Waals surface area contributed by atoms with Gasteiger partial charge in [0, 0.05) is 7.14 Å². The molecule has 0 N–H and O–H groups in total. The highest BCUT2D eigenvalue weighted by atomic mass is 127. The van der Waals surface area contributed by atoms with Crippen LogP contribution in [0.5, 0.6) is 0 Å². The molecule has 2 aromatic carbocycles. The molecule has 0 bridgehead atoms. The van der Waals surface area contributed by atoms with Crippen LogP contribution in [-0.4, -0.2) is 6.71 Å². The smallest absolute Gasteiger partial charge is 0.0741 e. The summed E-state index contributed by atoms with van der Waals surface area (Å²) in [6.45, 7) is 2.80. The fourth-order valence-corrected chi connectivity index (χ4v) is 3.04. The van der Waals surface area contributed by atoms with Crippen molar-refractivity contribution in [2.45, 2.75) is 26.1 Å². The normalized spacial score (nSPS) is 10.5. The Balaban J connectivity index is 2.29. The number of hydrogen-bond acceptors (Lipinski definition) is 0. The van der Waals surface area contributed by atoms with Crippen molar-refractivity contribution in [3.63, 3.8) is 0 Å². The molecule has 19 heavy (non-hydrogen) atoms. The molecule has 98 valence electrons. The van der Waals surface area contributed by atoms with Gasteiger partial charge < -0.3 is 0 Å². The van der Waals surface area contributed by atoms with Gasteiger partial charge in [0.1, 0.15) is 0 Å². The Morgan fingerprint density at radius 2 is 1.21 bits per heavy atom. The first-order valence-corrected chi connectivity index (χ1v) is 8.87. The maximum atomic E-state index is 2.37. The molecule has 3 heteroatoms. The van der Waals surface area contributed by atoms with Gasteiger partial charge >= 0.3 is 0 Å². The molecular formula is C16H17BI2. The Hall–Kier alpha value is -0.0351. The summed E-state index contributed by atoms with van der Waals surface area (Å²) in [6, 6.07) is 18.0. The fraction of sp³-hybridized carbons (Fsp3) is 0.250. The minimum Gasteiger partial charge on any atom is -0.0741 e. The first kappa shape index (κ1) is 15.4. The lowest BCUT2D eigenvalue weighted by molar-refractivity contribution is 0.878. The van der Waals surface area contributed by atoms with Gasteiger partial charge in [-0.05, 0) is 69.4 Å². The minimum absolute atomic E-state index is 0.536. The van der Waals surface area contributed by atoms with E-state index in [-0.39, 0.29) is 0 Å². The molecule has 0 aromatic heterocycles. The molecule has 0 fully saturated rings. The van der Waals surface area contributed by atoms with E-state index in [2.05, 4.69) is 101 Å². The molecule has 0 nitrogen and oxygen atoms in total. The summed E-state index contributed by atoms with van der Waals surface area (Å²) in [5.41, 5.74) is 2.88. The molecule has 2 rings (SSSR count). The fourth-order valence-electron chi connectivity index (χ4n) is 2.32. The predicted molar refractivity (Wildman–Crippen MR) is 103 cm³/mol. The standard InChI is InChI=1S/C16H17BI2/c1-2-3-12-17(13-4-8-15(18)9-5-13)14-6-10-16(19)11-7-14/h4-11H,2-3,12H2,1H3. The average molecular weight is 474 g/mol. The van der Waals surface area contributed by atoms with Crippen LogP contribution in [0.15, 0.2) is 48.5 Å². The number of benzene rings is 2. The maximum absolute atomic E-state index is 2.37. The van der Waals surface area contributed by atoms with Crippen LogP contribution in [0.1, 0.15) is 19.8 Å². The van der Waals surface area contributed by atoms with Gasteiger partial charge in [0.25, 0.3) is 0 Å². The second kappa shape index (κ2) is 7.67. The third-order valence-electron chi connectivity index (χ3n) is 3.39. The van der Waals surface area contributed by atoms with Gasteiger partial charge in [-0.1, -0.05) is 61.3 Å². The maximum Gasteiger partial charge on any atom is 0.209 e. The number of unbranched alkanes of at least 4 members (excludes halogenated alkanes) is 1. The van der Waals surface area contributed by atoms with Crippen molar-refractivity contribution in [2.24, 2.45) is 0 Å². The van der Waals surface area contributed by atoms with E-state index in [0.717, 1.165) is 0 Å². The van der Waals surface area contributed by atoms with Crippen molar-refractivity contribution in [1.82, 2.24) is 0 Å². The van der Waals surface area contributed by atoms with Crippen molar-refractivity contribution in [1.29, 1.82) is 0 Å². The Kier molecular flexibility index (Phi) is 6.20. The van der Waals surface area contributed by atoms with Crippen LogP contribution >= 0.6 is 45.2 Å². The van der Waals surface area contributed by atoms with E-state index in [0.29, 0.717) is 6.71 Å². The summed E-state index contributed by atoms with van der Waals surface area (Å²) in [6.07, 6.45) is 3.77. The van der Waals surface area contributed by atoms with Crippen molar-refractivity contribution in [2.75, 3.05) is 0 Å². The summed E-state index contributed by atoms with van der Waals surface area (Å²) < 4.78 is 2.61. The van der Waals surface area contributed by atoms with Crippen LogP contribution in [0.2, 0.25) is 6.32 Å². The van der Waals surface area contributed by atoms with Crippen LogP contribution in [-0.2, 0) is 0 Å². The Labute approximate surface area is 143 Å². The molecule has 0 aliphatic heterocycles. The predicted octanol–water partition coefficient (Wildman–Crippen LogP) is 4.30. The van der Waals surface area contributed by atoms with E-state index in [4.69, 9.17) is 0 Å². The molecule has 0 amide bonds. The van der Waals surface area contributed by atoms with Crippen LogP contribution in [0, 0.1) is 7.14 Å². The molecular weight excluding hydrogens is 457 g/mol. The van der Waals surface area contributed by atoms with E-state index in [1.54, 1.807) is 0 Å². The Bertz CT molecular complexity index is 460. The largest absolute Gasteiger partial charge is 0.209 e. The van der Waals surface area contributed by atoms with Crippen LogP contribution in [0.3, 0.4) is 0 Å². The monoisotopic (exact) mass is 474 g/mol. The Morgan fingerprint density at radius 1 is 0.789 bits per heavy atom. The molecule has 0 radical (unpaired) electrons. The van der Waals surface area contributed by atoms with Crippen molar-refractivity contribution in [3.8, 4) is 0 Å². The van der Waals surface area contributed by atoms with Gasteiger partial charge in [-0.2, -0.15) is 0 Å². The highest BCUT2D eigenvalue weighted by Crippen LogP contribution is 2.08. The number of halogens is 2. The van der Waals surface area contributed by atoms with Gasteiger partial charge in [-0.3, -0.25) is 0 Å². The highest BCUT2D eigenvalue weighted by Gasteiger charge is 2.18. The SMILES string of the molecule is CCCCB(c1ccc(I)cc1)c1ccc(I)cc1. The van der Waals surface area contributed by atoms with Gasteiger partial charge in [-0.25, -0.2) is 0 Å². The first-order valence-electron chi connectivity index (χ1n) is 6.71. The summed E-state index contributed by atoms with van der Waals surface area (Å²) in [7, 11) is 0. The van der Waals surface area contributed by atoms with E-state index >= 15 is 0 Å². The quantitative estimate of drug-likeness (QED) is 0.448. The molecule has 0 aliphatic carbocycles. The van der Waals surface area contributed by atoms with E-state index in [1.165, 1.54) is 37.2 Å². The lowest BCUT2D eigenvalue weighted by atomic mass is 9.38. The highest BCUT2D eigenvalue weighted by molar-refractivity contribution is 14.1. The third kappa shape index (κ3) is 4.48. The molecule has 0 spiro atoms. The van der Waals surface area contributed by atoms with Crippen molar-refractivity contribution < 1.29 is 0 Å². The number of hydrogen-bond donors (Lipinski definition) is 0. The second-order valence-electron chi connectivity index (χ2n) is 4.80. The van der Waals surface area contributed by atoms with Gasteiger partial charge in [0.2, 0.25) is 6.71 Å². The van der Waals surface area contributed by atoms with Gasteiger partial charge in [-0.15, -0.1) is 0 Å². The zero-order chi connectivity index (χ0) is 13.7. The number of rotatable bonds is 5. The Morgan fingerprint density at radius 3 is 1.58 bits per heavy atom. The van der Waals surface area contributed by atoms with Crippen LogP contribution in [0.25, 0.3) is 0 Å². The topological polar surface area (TPSA) is 0 Å². The molecule has 0 heterocycles. The molecule has 0 atom stereocenters. The molecule has 0 saturated heterocycles. The summed E-state index contributed by atoms with van der Waals surface area (Å²) in [5.74, 6) is 0. The lowest BCUT2D eigenvalue weighted by Crippen LogP contribution is -2.41. The van der Waals surface area contributed by atoms with Crippen LogP contribution in [0.4, 0.5) is 0 Å². The lowest BCUT2D eigenvalue weighted by Gasteiger charge is -2.14. The van der Waals surface area contributed by atoms with E-state index < -0.39 is 0 Å². The first-order chi connectivity index (χ1) is 9.20. The zero-order valence-electron chi connectivity index (χ0n) is 11.1. The van der Waals surface area contributed by atoms with E-state index in [1.807, 2.05) is 0 Å². The second-order valence-corrected chi connectivity index (χ2v) is 7.29. The van der Waals surface area contributed by atoms with Crippen LogP contribution < -0.4 is 10.9 Å². The summed E-state index contributed by atoms with van der Waals surface area (Å²) in [4.78, 5) is 0. The average Bonchev–Trinajstić information content (AvgIpc) is 2.43. The zero-order valence-corrected chi connectivity index (χ0v) is 15.4. The van der Waals surface area contributed by atoms with Crippen molar-refractivity contribution in [3.05, 3.63) is 55.7 Å². The summed E-state index contributed by atoms with van der Waals surface area (Å²) >= 11 is 4.73. The minimum atomic E-state index is 0.536. The molecule has 0 aliphatic rings. The molecule has 0 unspecified atom stereocenters. The molecule has 0 saturated carbocycles. The summed E-state index contributed by atoms with van der Waals surface area (Å²) in [5, 5.41) is 0. The van der Waals surface area contributed by atoms with Gasteiger partial charge in [0.15, 0.2) is 0 Å².